The van der Waals surface area contributed by atoms with E-state index in [-0.39, 0.29) is 11.6 Å². The summed E-state index contributed by atoms with van der Waals surface area (Å²) in [7, 11) is 0. The average molecular weight is 414 g/mol. The van der Waals surface area contributed by atoms with E-state index in [1.807, 2.05) is 30.3 Å². The van der Waals surface area contributed by atoms with Crippen LogP contribution in [0.1, 0.15) is 18.4 Å². The zero-order valence-electron chi connectivity index (χ0n) is 15.5. The molecule has 1 N–H and O–H groups in total. The summed E-state index contributed by atoms with van der Waals surface area (Å²) >= 11 is 1.55. The van der Waals surface area contributed by atoms with Crippen molar-refractivity contribution in [1.82, 2.24) is 4.90 Å². The van der Waals surface area contributed by atoms with E-state index in [1.165, 1.54) is 24.3 Å². The number of anilines is 1. The van der Waals surface area contributed by atoms with Crippen LogP contribution in [0, 0.1) is 5.82 Å². The number of carbonyl (C=O) groups is 3. The van der Waals surface area contributed by atoms with Crippen molar-refractivity contribution in [1.29, 1.82) is 0 Å². The summed E-state index contributed by atoms with van der Waals surface area (Å²) in [5.41, 5.74) is 1.26. The molecule has 29 heavy (non-hydrogen) atoms. The molecule has 8 heteroatoms. The standard InChI is InChI=1S/C21H19FN2O4S/c22-15-7-4-8-16(11-15)23-18(25)12-28-20(27)17-13-29-21(10-9-19(26)24(17)21)14-5-2-1-3-6-14/h1-8,11,17H,9-10,12-13H2,(H,23,25)/t17-,21-/m0/s1. The second-order valence-corrected chi connectivity index (χ2v) is 8.20. The third-order valence-electron chi connectivity index (χ3n) is 5.08. The molecule has 2 fully saturated rings. The largest absolute Gasteiger partial charge is 0.454 e. The highest BCUT2D eigenvalue weighted by Crippen LogP contribution is 2.54. The molecule has 2 heterocycles. The minimum atomic E-state index is -0.739. The van der Waals surface area contributed by atoms with Gasteiger partial charge in [0.25, 0.3) is 5.91 Å². The van der Waals surface area contributed by atoms with Gasteiger partial charge in [-0.05, 0) is 30.2 Å². The van der Waals surface area contributed by atoms with Crippen molar-refractivity contribution in [2.24, 2.45) is 0 Å². The van der Waals surface area contributed by atoms with Gasteiger partial charge in [-0.1, -0.05) is 36.4 Å². The van der Waals surface area contributed by atoms with Gasteiger partial charge in [0.05, 0.1) is 0 Å². The summed E-state index contributed by atoms with van der Waals surface area (Å²) in [5, 5.41) is 2.48. The molecule has 2 aliphatic rings. The van der Waals surface area contributed by atoms with Crippen LogP contribution < -0.4 is 5.32 Å². The summed E-state index contributed by atoms with van der Waals surface area (Å²) < 4.78 is 18.4. The van der Waals surface area contributed by atoms with Gasteiger partial charge < -0.3 is 15.0 Å². The van der Waals surface area contributed by atoms with E-state index < -0.39 is 35.2 Å². The lowest BCUT2D eigenvalue weighted by molar-refractivity contribution is -0.155. The first-order chi connectivity index (χ1) is 14.0. The highest BCUT2D eigenvalue weighted by atomic mass is 32.2. The molecule has 2 saturated heterocycles. The third kappa shape index (κ3) is 3.72. The number of thioether (sulfide) groups is 1. The number of nitrogens with zero attached hydrogens (tertiary/aromatic N) is 1. The van der Waals surface area contributed by atoms with Crippen LogP contribution in [0.3, 0.4) is 0 Å². The van der Waals surface area contributed by atoms with Gasteiger partial charge in [0.15, 0.2) is 6.61 Å². The Balaban J connectivity index is 1.41. The SMILES string of the molecule is O=C(COC(=O)[C@@H]1CS[C@]2(c3ccccc3)CCC(=O)N12)Nc1cccc(F)c1. The lowest BCUT2D eigenvalue weighted by Crippen LogP contribution is -2.47. The number of amides is 2. The molecule has 2 aromatic carbocycles. The van der Waals surface area contributed by atoms with Gasteiger partial charge in [-0.2, -0.15) is 0 Å². The lowest BCUT2D eigenvalue weighted by Gasteiger charge is -2.33. The van der Waals surface area contributed by atoms with E-state index in [2.05, 4.69) is 5.32 Å². The zero-order valence-corrected chi connectivity index (χ0v) is 16.3. The highest BCUT2D eigenvalue weighted by Gasteiger charge is 2.57. The minimum absolute atomic E-state index is 0.0926. The zero-order chi connectivity index (χ0) is 20.4. The molecule has 150 valence electrons. The van der Waals surface area contributed by atoms with Gasteiger partial charge in [0, 0.05) is 17.9 Å². The van der Waals surface area contributed by atoms with Crippen LogP contribution in [0.4, 0.5) is 10.1 Å². The number of esters is 1. The first-order valence-electron chi connectivity index (χ1n) is 9.23. The van der Waals surface area contributed by atoms with Crippen LogP contribution in [-0.4, -0.2) is 41.1 Å². The molecular formula is C21H19FN2O4S. The monoisotopic (exact) mass is 414 g/mol. The van der Waals surface area contributed by atoms with E-state index in [0.29, 0.717) is 18.6 Å². The van der Waals surface area contributed by atoms with Gasteiger partial charge in [-0.15, -0.1) is 11.8 Å². The Labute approximate surface area is 171 Å². The summed E-state index contributed by atoms with van der Waals surface area (Å²) in [6, 6.07) is 14.3. The number of benzene rings is 2. The maximum Gasteiger partial charge on any atom is 0.330 e. The Kier molecular flexibility index (Phi) is 5.27. The van der Waals surface area contributed by atoms with E-state index in [0.717, 1.165) is 5.56 Å². The summed E-state index contributed by atoms with van der Waals surface area (Å²) in [5.74, 6) is -1.35. The minimum Gasteiger partial charge on any atom is -0.454 e. The number of hydrogen-bond acceptors (Lipinski definition) is 5. The third-order valence-corrected chi connectivity index (χ3v) is 6.67. The molecule has 0 radical (unpaired) electrons. The Morgan fingerprint density at radius 2 is 2.00 bits per heavy atom. The predicted molar refractivity (Wildman–Crippen MR) is 106 cm³/mol. The van der Waals surface area contributed by atoms with Crippen molar-refractivity contribution >= 4 is 35.2 Å². The number of rotatable bonds is 5. The van der Waals surface area contributed by atoms with Crippen molar-refractivity contribution in [2.45, 2.75) is 23.8 Å². The molecule has 0 spiro atoms. The van der Waals surface area contributed by atoms with Gasteiger partial charge in [-0.25, -0.2) is 9.18 Å². The fourth-order valence-corrected chi connectivity index (χ4v) is 5.45. The molecule has 0 unspecified atom stereocenters. The Morgan fingerprint density at radius 3 is 2.76 bits per heavy atom. The second kappa shape index (κ2) is 7.87. The smallest absolute Gasteiger partial charge is 0.330 e. The number of ether oxygens (including phenoxy) is 1. The van der Waals surface area contributed by atoms with E-state index >= 15 is 0 Å². The van der Waals surface area contributed by atoms with E-state index in [1.54, 1.807) is 16.7 Å². The molecule has 0 bridgehead atoms. The lowest BCUT2D eigenvalue weighted by atomic mass is 10.0. The normalized spacial score (nSPS) is 23.0. The molecule has 6 nitrogen and oxygen atoms in total. The van der Waals surface area contributed by atoms with Crippen molar-refractivity contribution in [2.75, 3.05) is 17.7 Å². The maximum absolute atomic E-state index is 13.2. The van der Waals surface area contributed by atoms with Gasteiger partial charge in [0.1, 0.15) is 16.7 Å². The van der Waals surface area contributed by atoms with E-state index in [4.69, 9.17) is 4.74 Å². The fraction of sp³-hybridized carbons (Fsp3) is 0.286. The van der Waals surface area contributed by atoms with Crippen LogP contribution in [0.15, 0.2) is 54.6 Å². The van der Waals surface area contributed by atoms with Crippen molar-refractivity contribution in [3.8, 4) is 0 Å². The van der Waals surface area contributed by atoms with Crippen LogP contribution in [0.2, 0.25) is 0 Å². The van der Waals surface area contributed by atoms with Gasteiger partial charge in [0.2, 0.25) is 5.91 Å². The van der Waals surface area contributed by atoms with Crippen LogP contribution in [0.25, 0.3) is 0 Å². The highest BCUT2D eigenvalue weighted by molar-refractivity contribution is 8.00. The molecule has 2 amide bonds. The maximum atomic E-state index is 13.2. The molecule has 4 rings (SSSR count). The number of hydrogen-bond donors (Lipinski definition) is 1. The summed E-state index contributed by atoms with van der Waals surface area (Å²) in [6.07, 6.45) is 0.996. The van der Waals surface area contributed by atoms with Crippen molar-refractivity contribution in [3.63, 3.8) is 0 Å². The molecule has 0 aliphatic carbocycles. The molecule has 2 atom stereocenters. The van der Waals surface area contributed by atoms with Gasteiger partial charge in [-0.3, -0.25) is 9.59 Å². The second-order valence-electron chi connectivity index (χ2n) is 6.91. The Hall–Kier alpha value is -2.87. The number of fused-ring (bicyclic) bond motifs is 1. The quantitative estimate of drug-likeness (QED) is 0.762. The van der Waals surface area contributed by atoms with Crippen LogP contribution in [0.5, 0.6) is 0 Å². The number of carbonyl (C=O) groups excluding carboxylic acids is 3. The van der Waals surface area contributed by atoms with Gasteiger partial charge >= 0.3 is 5.97 Å². The molecule has 2 aromatic rings. The van der Waals surface area contributed by atoms with E-state index in [9.17, 15) is 18.8 Å². The number of nitrogens with one attached hydrogen (secondary N) is 1. The van der Waals surface area contributed by atoms with Crippen LogP contribution >= 0.6 is 11.8 Å². The van der Waals surface area contributed by atoms with Crippen molar-refractivity contribution in [3.05, 3.63) is 66.0 Å². The average Bonchev–Trinajstić information content (AvgIpc) is 3.26. The first-order valence-corrected chi connectivity index (χ1v) is 10.2. The summed E-state index contributed by atoms with van der Waals surface area (Å²) in [4.78, 5) is 38.3. The first kappa shape index (κ1) is 19.4. The van der Waals surface area contributed by atoms with Crippen LogP contribution in [-0.2, 0) is 24.0 Å². The Morgan fingerprint density at radius 1 is 1.21 bits per heavy atom. The predicted octanol–water partition coefficient (Wildman–Crippen LogP) is 2.90. The summed E-state index contributed by atoms with van der Waals surface area (Å²) in [6.45, 7) is -0.503. The number of halogens is 1. The fourth-order valence-electron chi connectivity index (χ4n) is 3.81. The topological polar surface area (TPSA) is 75.7 Å². The Bertz CT molecular complexity index is 955. The molecule has 2 aliphatic heterocycles. The molecule has 0 aromatic heterocycles. The molecule has 0 saturated carbocycles. The van der Waals surface area contributed by atoms with Crippen molar-refractivity contribution < 1.29 is 23.5 Å². The molecular weight excluding hydrogens is 395 g/mol.